The summed E-state index contributed by atoms with van der Waals surface area (Å²) in [6.45, 7) is 5.88. The van der Waals surface area contributed by atoms with Crippen LogP contribution in [-0.4, -0.2) is 28.0 Å². The molecule has 0 unspecified atom stereocenters. The standard InChI is InChI=1S/C10H17BrN6O/c1-10(2,3)16-7(18)5-13-8-6(11)4-14-9(15-8)17-12/h4H,5,12H2,1-3H3,(H,16,18)(H2,13,14,15,17). The van der Waals surface area contributed by atoms with E-state index in [-0.39, 0.29) is 23.9 Å². The maximum atomic E-state index is 11.6. The topological polar surface area (TPSA) is 105 Å². The fraction of sp³-hybridized carbons (Fsp3) is 0.500. The number of nitrogen functional groups attached to an aromatic ring is 1. The van der Waals surface area contributed by atoms with Gasteiger partial charge >= 0.3 is 0 Å². The number of amides is 1. The van der Waals surface area contributed by atoms with Crippen LogP contribution in [0.15, 0.2) is 10.7 Å². The second-order valence-electron chi connectivity index (χ2n) is 4.69. The number of nitrogens with one attached hydrogen (secondary N) is 3. The van der Waals surface area contributed by atoms with E-state index in [9.17, 15) is 4.79 Å². The molecule has 0 saturated carbocycles. The zero-order valence-electron chi connectivity index (χ0n) is 10.5. The Balaban J connectivity index is 2.60. The van der Waals surface area contributed by atoms with Crippen molar-refractivity contribution in [1.29, 1.82) is 0 Å². The summed E-state index contributed by atoms with van der Waals surface area (Å²) in [4.78, 5) is 19.6. The van der Waals surface area contributed by atoms with Gasteiger partial charge in [0.05, 0.1) is 11.0 Å². The molecule has 0 spiro atoms. The van der Waals surface area contributed by atoms with Crippen molar-refractivity contribution >= 4 is 33.6 Å². The van der Waals surface area contributed by atoms with Gasteiger partial charge in [-0.3, -0.25) is 10.2 Å². The molecule has 0 atom stereocenters. The van der Waals surface area contributed by atoms with E-state index in [1.807, 2.05) is 20.8 Å². The summed E-state index contributed by atoms with van der Waals surface area (Å²) in [7, 11) is 0. The molecule has 1 rings (SSSR count). The van der Waals surface area contributed by atoms with E-state index in [1.165, 1.54) is 0 Å². The van der Waals surface area contributed by atoms with Crippen molar-refractivity contribution < 1.29 is 4.79 Å². The summed E-state index contributed by atoms with van der Waals surface area (Å²) in [5.74, 6) is 5.87. The molecule has 7 nitrogen and oxygen atoms in total. The molecule has 18 heavy (non-hydrogen) atoms. The second kappa shape index (κ2) is 5.96. The second-order valence-corrected chi connectivity index (χ2v) is 5.54. The third kappa shape index (κ3) is 4.84. The number of hydrogen-bond acceptors (Lipinski definition) is 6. The smallest absolute Gasteiger partial charge is 0.239 e. The van der Waals surface area contributed by atoms with Crippen molar-refractivity contribution in [3.8, 4) is 0 Å². The number of anilines is 2. The molecule has 100 valence electrons. The minimum atomic E-state index is -0.258. The molecule has 0 bridgehead atoms. The van der Waals surface area contributed by atoms with Gasteiger partial charge in [-0.15, -0.1) is 0 Å². The van der Waals surface area contributed by atoms with Crippen LogP contribution in [0.2, 0.25) is 0 Å². The number of carbonyl (C=O) groups is 1. The molecular formula is C10H17BrN6O. The van der Waals surface area contributed by atoms with Crippen LogP contribution < -0.4 is 21.9 Å². The summed E-state index contributed by atoms with van der Waals surface area (Å²) in [5.41, 5.74) is 2.08. The average molecular weight is 317 g/mol. The van der Waals surface area contributed by atoms with Crippen molar-refractivity contribution in [2.75, 3.05) is 17.3 Å². The van der Waals surface area contributed by atoms with Crippen LogP contribution in [0.3, 0.4) is 0 Å². The quantitative estimate of drug-likeness (QED) is 0.485. The molecule has 1 amide bonds. The zero-order valence-corrected chi connectivity index (χ0v) is 12.1. The minimum Gasteiger partial charge on any atom is -0.360 e. The van der Waals surface area contributed by atoms with Crippen LogP contribution in [0.1, 0.15) is 20.8 Å². The molecule has 0 radical (unpaired) electrons. The van der Waals surface area contributed by atoms with Crippen LogP contribution in [0.4, 0.5) is 11.8 Å². The summed E-state index contributed by atoms with van der Waals surface area (Å²) in [6, 6.07) is 0. The van der Waals surface area contributed by atoms with Gasteiger partial charge in [-0.05, 0) is 36.7 Å². The summed E-state index contributed by atoms with van der Waals surface area (Å²) in [6.07, 6.45) is 1.55. The lowest BCUT2D eigenvalue weighted by atomic mass is 10.1. The van der Waals surface area contributed by atoms with Crippen LogP contribution in [-0.2, 0) is 4.79 Å². The Bertz CT molecular complexity index is 431. The Hall–Kier alpha value is -1.41. The number of nitrogens with two attached hydrogens (primary N) is 1. The molecule has 1 aromatic heterocycles. The van der Waals surface area contributed by atoms with Gasteiger partial charge in [0.25, 0.3) is 0 Å². The van der Waals surface area contributed by atoms with Gasteiger partial charge in [0.15, 0.2) is 0 Å². The van der Waals surface area contributed by atoms with E-state index in [0.717, 1.165) is 0 Å². The summed E-state index contributed by atoms with van der Waals surface area (Å²) >= 11 is 3.28. The number of hydrogen-bond donors (Lipinski definition) is 4. The Kier molecular flexibility index (Phi) is 4.85. The third-order valence-electron chi connectivity index (χ3n) is 1.80. The van der Waals surface area contributed by atoms with Crippen molar-refractivity contribution in [2.24, 2.45) is 5.84 Å². The molecule has 0 fully saturated rings. The molecule has 8 heteroatoms. The monoisotopic (exact) mass is 316 g/mol. The van der Waals surface area contributed by atoms with Crippen LogP contribution in [0.5, 0.6) is 0 Å². The Morgan fingerprint density at radius 3 is 2.72 bits per heavy atom. The van der Waals surface area contributed by atoms with Crippen LogP contribution >= 0.6 is 15.9 Å². The molecule has 0 aliphatic heterocycles. The first-order valence-electron chi connectivity index (χ1n) is 5.36. The minimum absolute atomic E-state index is 0.115. The molecule has 1 heterocycles. The highest BCUT2D eigenvalue weighted by molar-refractivity contribution is 9.10. The van der Waals surface area contributed by atoms with Crippen LogP contribution in [0.25, 0.3) is 0 Å². The van der Waals surface area contributed by atoms with Crippen molar-refractivity contribution in [3.63, 3.8) is 0 Å². The number of rotatable bonds is 4. The summed E-state index contributed by atoms with van der Waals surface area (Å²) in [5, 5.41) is 5.74. The van der Waals surface area contributed by atoms with Crippen molar-refractivity contribution in [2.45, 2.75) is 26.3 Å². The maximum Gasteiger partial charge on any atom is 0.239 e. The van der Waals surface area contributed by atoms with Gasteiger partial charge in [0.1, 0.15) is 5.82 Å². The Labute approximate surface area is 114 Å². The van der Waals surface area contributed by atoms with E-state index in [4.69, 9.17) is 5.84 Å². The van der Waals surface area contributed by atoms with Gasteiger partial charge in [-0.25, -0.2) is 10.8 Å². The molecule has 0 aromatic carbocycles. The van der Waals surface area contributed by atoms with E-state index < -0.39 is 0 Å². The number of nitrogens with zero attached hydrogens (tertiary/aromatic N) is 2. The van der Waals surface area contributed by atoms with Crippen LogP contribution in [0, 0.1) is 0 Å². The predicted octanol–water partition coefficient (Wildman–Crippen LogP) is 0.851. The average Bonchev–Trinajstić information content (AvgIpc) is 2.25. The van der Waals surface area contributed by atoms with Gasteiger partial charge < -0.3 is 10.6 Å². The van der Waals surface area contributed by atoms with E-state index in [1.54, 1.807) is 6.20 Å². The lowest BCUT2D eigenvalue weighted by molar-refractivity contribution is -0.120. The van der Waals surface area contributed by atoms with E-state index >= 15 is 0 Å². The first-order chi connectivity index (χ1) is 8.31. The Morgan fingerprint density at radius 2 is 2.17 bits per heavy atom. The van der Waals surface area contributed by atoms with E-state index in [0.29, 0.717) is 10.3 Å². The maximum absolute atomic E-state index is 11.6. The van der Waals surface area contributed by atoms with E-state index in [2.05, 4.69) is 42.0 Å². The highest BCUT2D eigenvalue weighted by Gasteiger charge is 2.14. The Morgan fingerprint density at radius 1 is 1.50 bits per heavy atom. The highest BCUT2D eigenvalue weighted by Crippen LogP contribution is 2.19. The van der Waals surface area contributed by atoms with Crippen molar-refractivity contribution in [1.82, 2.24) is 15.3 Å². The molecule has 0 saturated heterocycles. The molecule has 0 aliphatic rings. The SMILES string of the molecule is CC(C)(C)NC(=O)CNc1nc(NN)ncc1Br. The number of aromatic nitrogens is 2. The number of halogens is 1. The molecule has 0 aliphatic carbocycles. The molecular weight excluding hydrogens is 300 g/mol. The fourth-order valence-corrected chi connectivity index (χ4v) is 1.52. The first-order valence-corrected chi connectivity index (χ1v) is 6.15. The largest absolute Gasteiger partial charge is 0.360 e. The van der Waals surface area contributed by atoms with Gasteiger partial charge in [0, 0.05) is 11.7 Å². The predicted molar refractivity (Wildman–Crippen MR) is 73.9 cm³/mol. The zero-order chi connectivity index (χ0) is 13.8. The van der Waals surface area contributed by atoms with Gasteiger partial charge in [-0.1, -0.05) is 0 Å². The lowest BCUT2D eigenvalue weighted by Gasteiger charge is -2.20. The lowest BCUT2D eigenvalue weighted by Crippen LogP contribution is -2.43. The van der Waals surface area contributed by atoms with Gasteiger partial charge in [-0.2, -0.15) is 4.98 Å². The van der Waals surface area contributed by atoms with Crippen molar-refractivity contribution in [3.05, 3.63) is 10.7 Å². The normalized spacial score (nSPS) is 10.9. The highest BCUT2D eigenvalue weighted by atomic mass is 79.9. The number of hydrazine groups is 1. The van der Waals surface area contributed by atoms with Gasteiger partial charge in [0.2, 0.25) is 11.9 Å². The third-order valence-corrected chi connectivity index (χ3v) is 2.38. The first kappa shape index (κ1) is 14.7. The molecule has 5 N–H and O–H groups in total. The molecule has 1 aromatic rings. The fourth-order valence-electron chi connectivity index (χ4n) is 1.19. The summed E-state index contributed by atoms with van der Waals surface area (Å²) < 4.78 is 0.657. The number of carbonyl (C=O) groups excluding carboxylic acids is 1.